The number of hydrogen-bond donors (Lipinski definition) is 1. The quantitative estimate of drug-likeness (QED) is 0.683. The molecule has 4 nitrogen and oxygen atoms in total. The predicted octanol–water partition coefficient (Wildman–Crippen LogP) is 3.10. The Morgan fingerprint density at radius 2 is 2.19 bits per heavy atom. The van der Waals surface area contributed by atoms with Crippen LogP contribution in [0, 0.1) is 5.92 Å². The summed E-state index contributed by atoms with van der Waals surface area (Å²) in [5, 5.41) is 3.37. The van der Waals surface area contributed by atoms with Crippen molar-refractivity contribution in [3.8, 4) is 5.75 Å². The lowest BCUT2D eigenvalue weighted by Gasteiger charge is -2.36. The summed E-state index contributed by atoms with van der Waals surface area (Å²) in [5.74, 6) is 1.13. The first-order valence-electron chi connectivity index (χ1n) is 7.61. The second-order valence-electron chi connectivity index (χ2n) is 5.38. The van der Waals surface area contributed by atoms with Gasteiger partial charge in [0.1, 0.15) is 11.8 Å². The Morgan fingerprint density at radius 1 is 1.33 bits per heavy atom. The van der Waals surface area contributed by atoms with Crippen molar-refractivity contribution in [2.75, 3.05) is 18.5 Å². The molecule has 3 atom stereocenters. The number of ether oxygens (including phenoxy) is 2. The van der Waals surface area contributed by atoms with Crippen LogP contribution in [0.25, 0.3) is 0 Å². The van der Waals surface area contributed by atoms with Gasteiger partial charge in [0.15, 0.2) is 0 Å². The summed E-state index contributed by atoms with van der Waals surface area (Å²) in [6, 6.07) is 5.76. The molecular weight excluding hydrogens is 266 g/mol. The molecule has 1 aliphatic carbocycles. The molecule has 0 saturated carbocycles. The Balaban J connectivity index is 1.99. The SMILES string of the molecule is CCOC(=O)[C@@H]1Nc2c(OCC)cccc2[C@@H]2C=CC[C@H]12. The number of anilines is 1. The maximum Gasteiger partial charge on any atom is 0.328 e. The van der Waals surface area contributed by atoms with Crippen molar-refractivity contribution in [2.24, 2.45) is 5.92 Å². The number of rotatable bonds is 4. The third-order valence-corrected chi connectivity index (χ3v) is 4.20. The van der Waals surface area contributed by atoms with Gasteiger partial charge in [-0.25, -0.2) is 4.79 Å². The fourth-order valence-electron chi connectivity index (χ4n) is 3.33. The Hall–Kier alpha value is -1.97. The fraction of sp³-hybridized carbons (Fsp3) is 0.471. The Morgan fingerprint density at radius 3 is 2.95 bits per heavy atom. The third kappa shape index (κ3) is 2.39. The third-order valence-electron chi connectivity index (χ3n) is 4.20. The zero-order valence-electron chi connectivity index (χ0n) is 12.5. The maximum atomic E-state index is 12.3. The van der Waals surface area contributed by atoms with Gasteiger partial charge in [-0.05, 0) is 31.9 Å². The standard InChI is InChI=1S/C17H21NO3/c1-3-20-14-10-6-9-12-11-7-5-8-13(11)16(18-15(12)14)17(19)21-4-2/h5-7,9-11,13,16,18H,3-4,8H2,1-2H3/t11-,13-,16+/m0/s1. The molecule has 21 heavy (non-hydrogen) atoms. The average Bonchev–Trinajstić information content (AvgIpc) is 2.97. The summed E-state index contributed by atoms with van der Waals surface area (Å²) in [7, 11) is 0. The molecular formula is C17H21NO3. The van der Waals surface area contributed by atoms with Crippen LogP contribution in [0.4, 0.5) is 5.69 Å². The smallest absolute Gasteiger partial charge is 0.328 e. The maximum absolute atomic E-state index is 12.3. The van der Waals surface area contributed by atoms with Crippen molar-refractivity contribution in [3.63, 3.8) is 0 Å². The van der Waals surface area contributed by atoms with Gasteiger partial charge >= 0.3 is 5.97 Å². The first-order valence-corrected chi connectivity index (χ1v) is 7.61. The van der Waals surface area contributed by atoms with E-state index in [4.69, 9.17) is 9.47 Å². The van der Waals surface area contributed by atoms with Crippen molar-refractivity contribution in [3.05, 3.63) is 35.9 Å². The monoisotopic (exact) mass is 287 g/mol. The van der Waals surface area contributed by atoms with E-state index in [-0.39, 0.29) is 23.8 Å². The molecule has 1 aliphatic heterocycles. The molecule has 1 heterocycles. The van der Waals surface area contributed by atoms with Gasteiger partial charge in [0.2, 0.25) is 0 Å². The van der Waals surface area contributed by atoms with E-state index in [1.54, 1.807) is 0 Å². The van der Waals surface area contributed by atoms with E-state index in [0.29, 0.717) is 13.2 Å². The highest BCUT2D eigenvalue weighted by Gasteiger charge is 2.42. The van der Waals surface area contributed by atoms with Gasteiger partial charge < -0.3 is 14.8 Å². The van der Waals surface area contributed by atoms with Gasteiger partial charge in [0.25, 0.3) is 0 Å². The van der Waals surface area contributed by atoms with Crippen LogP contribution < -0.4 is 10.1 Å². The number of allylic oxidation sites excluding steroid dienone is 2. The normalized spacial score (nSPS) is 25.7. The summed E-state index contributed by atoms with van der Waals surface area (Å²) in [6.07, 6.45) is 5.26. The van der Waals surface area contributed by atoms with Crippen LogP contribution in [0.2, 0.25) is 0 Å². The lowest BCUT2D eigenvalue weighted by molar-refractivity contribution is -0.145. The highest BCUT2D eigenvalue weighted by Crippen LogP contribution is 2.47. The molecule has 1 aromatic rings. The molecule has 112 valence electrons. The van der Waals surface area contributed by atoms with E-state index in [0.717, 1.165) is 17.9 Å². The molecule has 0 radical (unpaired) electrons. The Labute approximate surface area is 125 Å². The number of nitrogens with one attached hydrogen (secondary N) is 1. The lowest BCUT2D eigenvalue weighted by atomic mass is 9.79. The van der Waals surface area contributed by atoms with E-state index in [2.05, 4.69) is 23.5 Å². The number of hydrogen-bond acceptors (Lipinski definition) is 4. The van der Waals surface area contributed by atoms with Gasteiger partial charge in [-0.1, -0.05) is 24.3 Å². The average molecular weight is 287 g/mol. The van der Waals surface area contributed by atoms with Crippen molar-refractivity contribution in [1.82, 2.24) is 0 Å². The van der Waals surface area contributed by atoms with Gasteiger partial charge in [-0.15, -0.1) is 0 Å². The van der Waals surface area contributed by atoms with Crippen LogP contribution in [0.15, 0.2) is 30.4 Å². The highest BCUT2D eigenvalue weighted by molar-refractivity contribution is 5.83. The van der Waals surface area contributed by atoms with Crippen LogP contribution in [-0.4, -0.2) is 25.2 Å². The number of esters is 1. The summed E-state index contributed by atoms with van der Waals surface area (Å²) in [4.78, 5) is 12.3. The molecule has 1 aromatic carbocycles. The lowest BCUT2D eigenvalue weighted by Crippen LogP contribution is -2.43. The molecule has 3 rings (SSSR count). The molecule has 0 unspecified atom stereocenters. The minimum Gasteiger partial charge on any atom is -0.492 e. The van der Waals surface area contributed by atoms with Crippen LogP contribution in [0.3, 0.4) is 0 Å². The zero-order chi connectivity index (χ0) is 14.8. The molecule has 0 aromatic heterocycles. The van der Waals surface area contributed by atoms with E-state index >= 15 is 0 Å². The fourth-order valence-corrected chi connectivity index (χ4v) is 3.33. The number of carbonyl (C=O) groups excluding carboxylic acids is 1. The van der Waals surface area contributed by atoms with Crippen molar-refractivity contribution in [1.29, 1.82) is 0 Å². The summed E-state index contributed by atoms with van der Waals surface area (Å²) < 4.78 is 10.9. The van der Waals surface area contributed by atoms with E-state index in [9.17, 15) is 4.79 Å². The van der Waals surface area contributed by atoms with Crippen molar-refractivity contribution >= 4 is 11.7 Å². The summed E-state index contributed by atoms with van der Waals surface area (Å²) >= 11 is 0. The van der Waals surface area contributed by atoms with E-state index in [1.807, 2.05) is 26.0 Å². The number of para-hydroxylation sites is 1. The van der Waals surface area contributed by atoms with Crippen LogP contribution in [-0.2, 0) is 9.53 Å². The van der Waals surface area contributed by atoms with Crippen LogP contribution in [0.1, 0.15) is 31.7 Å². The topological polar surface area (TPSA) is 47.6 Å². The molecule has 0 saturated heterocycles. The summed E-state index contributed by atoms with van der Waals surface area (Å²) in [5.41, 5.74) is 2.14. The van der Waals surface area contributed by atoms with E-state index < -0.39 is 0 Å². The van der Waals surface area contributed by atoms with Crippen molar-refractivity contribution < 1.29 is 14.3 Å². The zero-order valence-corrected chi connectivity index (χ0v) is 12.5. The second kappa shape index (κ2) is 5.80. The number of carbonyl (C=O) groups is 1. The summed E-state index contributed by atoms with van der Waals surface area (Å²) in [6.45, 7) is 4.81. The first kappa shape index (κ1) is 14.0. The van der Waals surface area contributed by atoms with Gasteiger partial charge in [-0.3, -0.25) is 0 Å². The molecule has 1 N–H and O–H groups in total. The molecule has 4 heteroatoms. The number of fused-ring (bicyclic) bond motifs is 3. The largest absolute Gasteiger partial charge is 0.492 e. The molecule has 0 fully saturated rings. The first-order chi connectivity index (χ1) is 10.3. The minimum atomic E-state index is -0.306. The molecule has 0 bridgehead atoms. The Kier molecular flexibility index (Phi) is 3.86. The molecule has 0 amide bonds. The van der Waals surface area contributed by atoms with Gasteiger partial charge in [0.05, 0.1) is 18.9 Å². The van der Waals surface area contributed by atoms with Gasteiger partial charge in [0, 0.05) is 11.8 Å². The van der Waals surface area contributed by atoms with Gasteiger partial charge in [-0.2, -0.15) is 0 Å². The number of benzene rings is 1. The minimum absolute atomic E-state index is 0.173. The predicted molar refractivity (Wildman–Crippen MR) is 81.6 cm³/mol. The van der Waals surface area contributed by atoms with Crippen LogP contribution >= 0.6 is 0 Å². The van der Waals surface area contributed by atoms with Crippen LogP contribution in [0.5, 0.6) is 5.75 Å². The van der Waals surface area contributed by atoms with Crippen molar-refractivity contribution in [2.45, 2.75) is 32.2 Å². The molecule has 2 aliphatic rings. The molecule has 0 spiro atoms. The Bertz CT molecular complexity index is 567. The highest BCUT2D eigenvalue weighted by atomic mass is 16.5. The van der Waals surface area contributed by atoms with E-state index in [1.165, 1.54) is 5.56 Å². The second-order valence-corrected chi connectivity index (χ2v) is 5.38.